The molecule has 27 heavy (non-hydrogen) atoms. The lowest BCUT2D eigenvalue weighted by Gasteiger charge is -2.31. The molecule has 0 atom stereocenters. The molecule has 3 rings (SSSR count). The van der Waals surface area contributed by atoms with Crippen molar-refractivity contribution in [1.82, 2.24) is 10.2 Å². The van der Waals surface area contributed by atoms with Crippen LogP contribution in [0.15, 0.2) is 24.3 Å². The number of nitrogens with one attached hydrogen (secondary N) is 2. The van der Waals surface area contributed by atoms with Gasteiger partial charge in [-0.1, -0.05) is 44.6 Å². The van der Waals surface area contributed by atoms with E-state index >= 15 is 0 Å². The smallest absolute Gasteiger partial charge is 0.251 e. The zero-order chi connectivity index (χ0) is 19.1. The van der Waals surface area contributed by atoms with Crippen LogP contribution in [0.1, 0.15) is 74.6 Å². The third-order valence-electron chi connectivity index (χ3n) is 6.02. The molecule has 5 heteroatoms. The SMILES string of the molecule is CN(C(=O)CNc1cccc(C(=O)NC2CCCCC2)c1)C1CCCCC1. The number of benzene rings is 1. The molecule has 0 heterocycles. The van der Waals surface area contributed by atoms with Crippen LogP contribution in [-0.4, -0.2) is 42.4 Å². The van der Waals surface area contributed by atoms with Crippen molar-refractivity contribution >= 4 is 17.5 Å². The third-order valence-corrected chi connectivity index (χ3v) is 6.02. The van der Waals surface area contributed by atoms with E-state index in [9.17, 15) is 9.59 Å². The van der Waals surface area contributed by atoms with E-state index in [0.29, 0.717) is 17.6 Å². The summed E-state index contributed by atoms with van der Waals surface area (Å²) < 4.78 is 0. The molecule has 2 fully saturated rings. The van der Waals surface area contributed by atoms with E-state index in [2.05, 4.69) is 10.6 Å². The molecule has 2 aliphatic rings. The van der Waals surface area contributed by atoms with Gasteiger partial charge in [0.1, 0.15) is 0 Å². The molecule has 2 aliphatic carbocycles. The molecule has 2 amide bonds. The molecule has 0 saturated heterocycles. The highest BCUT2D eigenvalue weighted by Gasteiger charge is 2.22. The van der Waals surface area contributed by atoms with Crippen molar-refractivity contribution in [3.05, 3.63) is 29.8 Å². The summed E-state index contributed by atoms with van der Waals surface area (Å²) in [5.41, 5.74) is 1.47. The lowest BCUT2D eigenvalue weighted by atomic mass is 9.94. The first-order valence-electron chi connectivity index (χ1n) is 10.5. The maximum atomic E-state index is 12.5. The fourth-order valence-electron chi connectivity index (χ4n) is 4.26. The highest BCUT2D eigenvalue weighted by atomic mass is 16.2. The second-order valence-electron chi connectivity index (χ2n) is 8.04. The fraction of sp³-hybridized carbons (Fsp3) is 0.636. The molecular formula is C22H33N3O2. The summed E-state index contributed by atoms with van der Waals surface area (Å²) in [5.74, 6) is 0.0927. The van der Waals surface area contributed by atoms with Crippen LogP contribution in [0.2, 0.25) is 0 Å². The standard InChI is InChI=1S/C22H33N3O2/c1-25(20-13-6-3-7-14-20)21(26)16-23-19-12-8-9-17(15-19)22(27)24-18-10-4-2-5-11-18/h8-9,12,15,18,20,23H,2-7,10-11,13-14,16H2,1H3,(H,24,27). The summed E-state index contributed by atoms with van der Waals surface area (Å²) in [6.45, 7) is 0.265. The van der Waals surface area contributed by atoms with Gasteiger partial charge in [-0.05, 0) is 43.9 Å². The van der Waals surface area contributed by atoms with Crippen LogP contribution in [-0.2, 0) is 4.79 Å². The van der Waals surface area contributed by atoms with Gasteiger partial charge in [-0.15, -0.1) is 0 Å². The van der Waals surface area contributed by atoms with Gasteiger partial charge in [0, 0.05) is 30.4 Å². The van der Waals surface area contributed by atoms with Gasteiger partial charge in [0.25, 0.3) is 5.91 Å². The van der Waals surface area contributed by atoms with Gasteiger partial charge in [-0.3, -0.25) is 9.59 Å². The van der Waals surface area contributed by atoms with Crippen LogP contribution in [0.25, 0.3) is 0 Å². The fourth-order valence-corrected chi connectivity index (χ4v) is 4.26. The Bertz CT molecular complexity index is 634. The second kappa shape index (κ2) is 9.77. The summed E-state index contributed by atoms with van der Waals surface area (Å²) >= 11 is 0. The number of nitrogens with zero attached hydrogens (tertiary/aromatic N) is 1. The van der Waals surface area contributed by atoms with Gasteiger partial charge < -0.3 is 15.5 Å². The predicted octanol–water partition coefficient (Wildman–Crippen LogP) is 3.95. The van der Waals surface area contributed by atoms with Crippen molar-refractivity contribution in [2.45, 2.75) is 76.3 Å². The summed E-state index contributed by atoms with van der Waals surface area (Å²) in [6, 6.07) is 8.12. The molecule has 1 aromatic rings. The van der Waals surface area contributed by atoms with Gasteiger partial charge in [0.15, 0.2) is 0 Å². The number of amides is 2. The molecule has 0 spiro atoms. The van der Waals surface area contributed by atoms with Crippen molar-refractivity contribution in [3.8, 4) is 0 Å². The van der Waals surface area contributed by atoms with E-state index in [-0.39, 0.29) is 18.4 Å². The largest absolute Gasteiger partial charge is 0.376 e. The zero-order valence-electron chi connectivity index (χ0n) is 16.5. The highest BCUT2D eigenvalue weighted by molar-refractivity contribution is 5.95. The number of carbonyl (C=O) groups excluding carboxylic acids is 2. The Kier molecular flexibility index (Phi) is 7.13. The van der Waals surface area contributed by atoms with Gasteiger partial charge in [0.05, 0.1) is 6.54 Å². The van der Waals surface area contributed by atoms with Crippen molar-refractivity contribution in [2.75, 3.05) is 18.9 Å². The first-order chi connectivity index (χ1) is 13.1. The van der Waals surface area contributed by atoms with E-state index in [4.69, 9.17) is 0 Å². The van der Waals surface area contributed by atoms with Crippen molar-refractivity contribution in [1.29, 1.82) is 0 Å². The van der Waals surface area contributed by atoms with Crippen LogP contribution < -0.4 is 10.6 Å². The van der Waals surface area contributed by atoms with Crippen molar-refractivity contribution in [3.63, 3.8) is 0 Å². The highest BCUT2D eigenvalue weighted by Crippen LogP contribution is 2.22. The molecule has 2 N–H and O–H groups in total. The number of likely N-dealkylation sites (N-methyl/N-ethyl adjacent to an activating group) is 1. The Hall–Kier alpha value is -2.04. The van der Waals surface area contributed by atoms with E-state index in [1.807, 2.05) is 36.2 Å². The number of rotatable bonds is 6. The Labute approximate surface area is 162 Å². The summed E-state index contributed by atoms with van der Waals surface area (Å²) in [5, 5.41) is 6.34. The quantitative estimate of drug-likeness (QED) is 0.796. The molecular weight excluding hydrogens is 338 g/mol. The minimum atomic E-state index is -0.0174. The number of hydrogen-bond acceptors (Lipinski definition) is 3. The van der Waals surface area contributed by atoms with Crippen molar-refractivity contribution in [2.24, 2.45) is 0 Å². The van der Waals surface area contributed by atoms with Crippen LogP contribution in [0.4, 0.5) is 5.69 Å². The number of anilines is 1. The van der Waals surface area contributed by atoms with Gasteiger partial charge in [0.2, 0.25) is 5.91 Å². The summed E-state index contributed by atoms with van der Waals surface area (Å²) in [4.78, 5) is 26.9. The molecule has 148 valence electrons. The van der Waals surface area contributed by atoms with Gasteiger partial charge in [-0.2, -0.15) is 0 Å². The predicted molar refractivity (Wildman–Crippen MR) is 109 cm³/mol. The molecule has 0 bridgehead atoms. The average Bonchev–Trinajstić information content (AvgIpc) is 2.73. The lowest BCUT2D eigenvalue weighted by molar-refractivity contribution is -0.130. The Morgan fingerprint density at radius 1 is 1.00 bits per heavy atom. The molecule has 0 aliphatic heterocycles. The van der Waals surface area contributed by atoms with Gasteiger partial charge in [-0.25, -0.2) is 0 Å². The van der Waals surface area contributed by atoms with E-state index in [1.165, 1.54) is 38.5 Å². The monoisotopic (exact) mass is 371 g/mol. The molecule has 1 aromatic carbocycles. The second-order valence-corrected chi connectivity index (χ2v) is 8.04. The van der Waals surface area contributed by atoms with Crippen molar-refractivity contribution < 1.29 is 9.59 Å². The van der Waals surface area contributed by atoms with E-state index < -0.39 is 0 Å². The van der Waals surface area contributed by atoms with E-state index in [0.717, 1.165) is 31.4 Å². The minimum absolute atomic E-state index is 0.0174. The topological polar surface area (TPSA) is 61.4 Å². The first kappa shape index (κ1) is 19.7. The van der Waals surface area contributed by atoms with Crippen LogP contribution in [0.5, 0.6) is 0 Å². The first-order valence-corrected chi connectivity index (χ1v) is 10.5. The Morgan fingerprint density at radius 3 is 2.37 bits per heavy atom. The molecule has 0 radical (unpaired) electrons. The number of hydrogen-bond donors (Lipinski definition) is 2. The van der Waals surface area contributed by atoms with Crippen LogP contribution in [0.3, 0.4) is 0 Å². The normalized spacial score (nSPS) is 18.7. The minimum Gasteiger partial charge on any atom is -0.376 e. The molecule has 2 saturated carbocycles. The Morgan fingerprint density at radius 2 is 1.67 bits per heavy atom. The third kappa shape index (κ3) is 5.72. The molecule has 5 nitrogen and oxygen atoms in total. The number of carbonyl (C=O) groups is 2. The summed E-state index contributed by atoms with van der Waals surface area (Å²) in [7, 11) is 1.91. The van der Waals surface area contributed by atoms with Crippen LogP contribution in [0, 0.1) is 0 Å². The van der Waals surface area contributed by atoms with E-state index in [1.54, 1.807) is 0 Å². The molecule has 0 unspecified atom stereocenters. The maximum Gasteiger partial charge on any atom is 0.251 e. The van der Waals surface area contributed by atoms with Crippen LogP contribution >= 0.6 is 0 Å². The van der Waals surface area contributed by atoms with Gasteiger partial charge >= 0.3 is 0 Å². The average molecular weight is 372 g/mol. The maximum absolute atomic E-state index is 12.5. The lowest BCUT2D eigenvalue weighted by Crippen LogP contribution is -2.41. The zero-order valence-corrected chi connectivity index (χ0v) is 16.5. The summed E-state index contributed by atoms with van der Waals surface area (Å²) in [6.07, 6.45) is 11.8. The Balaban J connectivity index is 1.50. The molecule has 0 aromatic heterocycles.